The second-order valence-electron chi connectivity index (χ2n) is 9.18. The highest BCUT2D eigenvalue weighted by molar-refractivity contribution is 5.75. The number of hydrogen-bond acceptors (Lipinski definition) is 5. The number of ether oxygens (including phenoxy) is 4. The largest absolute Gasteiger partial charge is 0.496 e. The van der Waals surface area contributed by atoms with Crippen molar-refractivity contribution >= 4 is 5.91 Å². The van der Waals surface area contributed by atoms with Gasteiger partial charge in [0, 0.05) is 31.0 Å². The first kappa shape index (κ1) is 27.9. The first-order valence-electron chi connectivity index (χ1n) is 12.8. The monoisotopic (exact) mass is 505 g/mol. The molecule has 1 amide bonds. The second-order valence-corrected chi connectivity index (χ2v) is 9.18. The fourth-order valence-electron chi connectivity index (χ4n) is 4.51. The number of hydrogen-bond donors (Lipinski definition) is 0. The molecule has 0 aliphatic carbocycles. The molecule has 0 N–H and O–H groups in total. The molecule has 6 nitrogen and oxygen atoms in total. The van der Waals surface area contributed by atoms with Crippen LogP contribution in [0.2, 0.25) is 0 Å². The van der Waals surface area contributed by atoms with Gasteiger partial charge in [-0.15, -0.1) is 0 Å². The molecule has 3 aromatic rings. The predicted octanol–water partition coefficient (Wildman–Crippen LogP) is 6.46. The number of carbonyl (C=O) groups excluding carboxylic acids is 1. The second kappa shape index (κ2) is 13.6. The van der Waals surface area contributed by atoms with Crippen molar-refractivity contribution in [2.45, 2.75) is 52.2 Å². The minimum absolute atomic E-state index is 0.0433. The van der Waals surface area contributed by atoms with Gasteiger partial charge in [-0.05, 0) is 61.7 Å². The number of rotatable bonds is 13. The van der Waals surface area contributed by atoms with Gasteiger partial charge in [-0.25, -0.2) is 0 Å². The zero-order valence-corrected chi connectivity index (χ0v) is 22.8. The highest BCUT2D eigenvalue weighted by Gasteiger charge is 2.22. The minimum Gasteiger partial charge on any atom is -0.496 e. The van der Waals surface area contributed by atoms with Crippen LogP contribution >= 0.6 is 0 Å². The highest BCUT2D eigenvalue weighted by atomic mass is 16.5. The molecule has 0 spiro atoms. The third kappa shape index (κ3) is 7.42. The van der Waals surface area contributed by atoms with E-state index in [9.17, 15) is 4.79 Å². The quantitative estimate of drug-likeness (QED) is 0.267. The van der Waals surface area contributed by atoms with Gasteiger partial charge >= 0.3 is 0 Å². The Labute approximate surface area is 221 Å². The lowest BCUT2D eigenvalue weighted by molar-refractivity contribution is -0.131. The van der Waals surface area contributed by atoms with Gasteiger partial charge in [-0.3, -0.25) is 4.79 Å². The van der Waals surface area contributed by atoms with Crippen LogP contribution in [0.3, 0.4) is 0 Å². The van der Waals surface area contributed by atoms with Crippen molar-refractivity contribution in [3.8, 4) is 23.0 Å². The summed E-state index contributed by atoms with van der Waals surface area (Å²) in [5.41, 5.74) is 3.23. The molecule has 1 atom stereocenters. The highest BCUT2D eigenvalue weighted by Crippen LogP contribution is 2.36. The molecule has 3 rings (SSSR count). The molecule has 3 aromatic carbocycles. The SMILES string of the molecule is CCC(=O)N(CC[C@H](c1ccc(OC(C)C)cc1)c1ccccc1OC)Cc1ccc(OC)c(OC)c1. The Morgan fingerprint density at radius 3 is 2.14 bits per heavy atom. The molecular formula is C31H39NO5. The molecule has 37 heavy (non-hydrogen) atoms. The van der Waals surface area contributed by atoms with Crippen molar-refractivity contribution in [3.05, 3.63) is 83.4 Å². The van der Waals surface area contributed by atoms with Gasteiger partial charge < -0.3 is 23.8 Å². The molecule has 0 aromatic heterocycles. The van der Waals surface area contributed by atoms with Crippen LogP contribution in [0, 0.1) is 0 Å². The van der Waals surface area contributed by atoms with Crippen LogP contribution in [0.1, 0.15) is 56.2 Å². The van der Waals surface area contributed by atoms with Crippen molar-refractivity contribution in [2.75, 3.05) is 27.9 Å². The van der Waals surface area contributed by atoms with Crippen molar-refractivity contribution in [2.24, 2.45) is 0 Å². The smallest absolute Gasteiger partial charge is 0.222 e. The fraction of sp³-hybridized carbons (Fsp3) is 0.387. The van der Waals surface area contributed by atoms with Crippen molar-refractivity contribution in [3.63, 3.8) is 0 Å². The van der Waals surface area contributed by atoms with E-state index in [1.165, 1.54) is 0 Å². The summed E-state index contributed by atoms with van der Waals surface area (Å²) >= 11 is 0. The summed E-state index contributed by atoms with van der Waals surface area (Å²) in [4.78, 5) is 14.9. The number of para-hydroxylation sites is 1. The summed E-state index contributed by atoms with van der Waals surface area (Å²) in [5, 5.41) is 0. The maximum atomic E-state index is 13.0. The van der Waals surface area contributed by atoms with Gasteiger partial charge in [0.15, 0.2) is 11.5 Å². The van der Waals surface area contributed by atoms with Crippen LogP contribution in [-0.2, 0) is 11.3 Å². The molecular weight excluding hydrogens is 466 g/mol. The Balaban J connectivity index is 1.89. The van der Waals surface area contributed by atoms with Gasteiger partial charge in [0.25, 0.3) is 0 Å². The van der Waals surface area contributed by atoms with E-state index in [-0.39, 0.29) is 17.9 Å². The topological polar surface area (TPSA) is 57.2 Å². The van der Waals surface area contributed by atoms with Gasteiger partial charge in [-0.2, -0.15) is 0 Å². The van der Waals surface area contributed by atoms with Crippen molar-refractivity contribution in [1.29, 1.82) is 0 Å². The molecule has 198 valence electrons. The molecule has 0 radical (unpaired) electrons. The maximum Gasteiger partial charge on any atom is 0.222 e. The molecule has 0 saturated heterocycles. The Kier molecular flexibility index (Phi) is 10.2. The zero-order chi connectivity index (χ0) is 26.8. The van der Waals surface area contributed by atoms with E-state index in [1.54, 1.807) is 21.3 Å². The van der Waals surface area contributed by atoms with Crippen LogP contribution < -0.4 is 18.9 Å². The van der Waals surface area contributed by atoms with Crippen LogP contribution in [0.4, 0.5) is 0 Å². The first-order valence-corrected chi connectivity index (χ1v) is 12.8. The molecule has 0 heterocycles. The number of methoxy groups -OCH3 is 3. The summed E-state index contributed by atoms with van der Waals surface area (Å²) < 4.78 is 22.4. The van der Waals surface area contributed by atoms with Crippen LogP contribution in [0.25, 0.3) is 0 Å². The zero-order valence-electron chi connectivity index (χ0n) is 22.8. The first-order chi connectivity index (χ1) is 17.9. The summed E-state index contributed by atoms with van der Waals surface area (Å²) in [6, 6.07) is 22.1. The van der Waals surface area contributed by atoms with Gasteiger partial charge in [0.1, 0.15) is 11.5 Å². The molecule has 0 fully saturated rings. The number of nitrogens with zero attached hydrogens (tertiary/aromatic N) is 1. The van der Waals surface area contributed by atoms with Gasteiger partial charge in [0.2, 0.25) is 5.91 Å². The van der Waals surface area contributed by atoms with E-state index in [0.29, 0.717) is 31.0 Å². The van der Waals surface area contributed by atoms with Crippen molar-refractivity contribution in [1.82, 2.24) is 4.90 Å². The van der Waals surface area contributed by atoms with Gasteiger partial charge in [0.05, 0.1) is 27.4 Å². The molecule has 0 bridgehead atoms. The predicted molar refractivity (Wildman–Crippen MR) is 147 cm³/mol. The van der Waals surface area contributed by atoms with E-state index in [2.05, 4.69) is 18.2 Å². The number of carbonyl (C=O) groups is 1. The lowest BCUT2D eigenvalue weighted by atomic mass is 9.87. The third-order valence-corrected chi connectivity index (χ3v) is 6.33. The minimum atomic E-state index is 0.0433. The Morgan fingerprint density at radius 1 is 0.838 bits per heavy atom. The molecule has 0 aliphatic heterocycles. The summed E-state index contributed by atoms with van der Waals surface area (Å²) in [6.07, 6.45) is 1.29. The van der Waals surface area contributed by atoms with Crippen molar-refractivity contribution < 1.29 is 23.7 Å². The Morgan fingerprint density at radius 2 is 1.51 bits per heavy atom. The Bertz CT molecular complexity index is 1140. The standard InChI is InChI=1S/C31H39NO5/c1-7-31(33)32(21-23-12-17-29(35-5)30(20-23)36-6)19-18-26(27-10-8-9-11-28(27)34-4)24-13-15-25(16-14-24)37-22(2)3/h8-17,20,22,26H,7,18-19,21H2,1-6H3/t26-/m1/s1. The third-order valence-electron chi connectivity index (χ3n) is 6.33. The number of amides is 1. The molecule has 0 aliphatic rings. The summed E-state index contributed by atoms with van der Waals surface area (Å²) in [7, 11) is 4.93. The van der Waals surface area contributed by atoms with E-state index in [0.717, 1.165) is 34.6 Å². The van der Waals surface area contributed by atoms with E-state index < -0.39 is 0 Å². The van der Waals surface area contributed by atoms with E-state index in [4.69, 9.17) is 18.9 Å². The lowest BCUT2D eigenvalue weighted by Crippen LogP contribution is -2.31. The molecule has 6 heteroatoms. The average Bonchev–Trinajstić information content (AvgIpc) is 2.92. The fourth-order valence-corrected chi connectivity index (χ4v) is 4.51. The maximum absolute atomic E-state index is 13.0. The number of benzene rings is 3. The van der Waals surface area contributed by atoms with Crippen LogP contribution in [0.15, 0.2) is 66.7 Å². The Hall–Kier alpha value is -3.67. The average molecular weight is 506 g/mol. The molecule has 0 unspecified atom stereocenters. The summed E-state index contributed by atoms with van der Waals surface area (Å²) in [6.45, 7) is 7.02. The molecule has 0 saturated carbocycles. The van der Waals surface area contributed by atoms with Gasteiger partial charge in [-0.1, -0.05) is 43.3 Å². The van der Waals surface area contributed by atoms with Crippen LogP contribution in [-0.4, -0.2) is 44.8 Å². The van der Waals surface area contributed by atoms with E-state index in [1.807, 2.05) is 74.2 Å². The lowest BCUT2D eigenvalue weighted by Gasteiger charge is -2.27. The normalized spacial score (nSPS) is 11.6. The summed E-state index contributed by atoms with van der Waals surface area (Å²) in [5.74, 6) is 3.15. The van der Waals surface area contributed by atoms with E-state index >= 15 is 0 Å². The van der Waals surface area contributed by atoms with Crippen LogP contribution in [0.5, 0.6) is 23.0 Å².